The molecular weight excluding hydrogens is 292 g/mol. The molecule has 2 rings (SSSR count). The maximum Gasteiger partial charge on any atom is 0.229 e. The average molecular weight is 306 g/mol. The fourth-order valence-electron chi connectivity index (χ4n) is 2.09. The summed E-state index contributed by atoms with van der Waals surface area (Å²) in [4.78, 5) is 0. The van der Waals surface area contributed by atoms with Crippen LogP contribution in [-0.2, 0) is 4.74 Å². The van der Waals surface area contributed by atoms with Crippen molar-refractivity contribution in [1.82, 2.24) is 0 Å². The Morgan fingerprint density at radius 3 is 2.32 bits per heavy atom. The van der Waals surface area contributed by atoms with Crippen LogP contribution in [-0.4, -0.2) is 57.7 Å². The number of aliphatic hydroxyl groups excluding tert-OH is 4. The van der Waals surface area contributed by atoms with E-state index >= 15 is 0 Å². The Balaban J connectivity index is 2.20. The maximum atomic E-state index is 9.85. The van der Waals surface area contributed by atoms with Crippen molar-refractivity contribution >= 4 is 0 Å². The number of aliphatic hydroxyl groups is 4. The van der Waals surface area contributed by atoms with Crippen LogP contribution >= 0.6 is 0 Å². The zero-order valence-electron chi connectivity index (χ0n) is 11.3. The Kier molecular flexibility index (Phi) is 4.93. The van der Waals surface area contributed by atoms with Crippen LogP contribution in [0.25, 0.3) is 0 Å². The zero-order chi connectivity index (χ0) is 16.3. The highest BCUT2D eigenvalue weighted by molar-refractivity contribution is 5.49. The second-order valence-corrected chi connectivity index (χ2v) is 4.75. The van der Waals surface area contributed by atoms with E-state index in [-0.39, 0.29) is 16.9 Å². The molecule has 0 amide bonds. The fourth-order valence-corrected chi connectivity index (χ4v) is 2.09. The van der Waals surface area contributed by atoms with E-state index in [1.165, 1.54) is 18.2 Å². The van der Waals surface area contributed by atoms with Crippen molar-refractivity contribution in [1.29, 1.82) is 10.5 Å². The van der Waals surface area contributed by atoms with E-state index in [0.29, 0.717) is 0 Å². The maximum absolute atomic E-state index is 9.85. The van der Waals surface area contributed by atoms with Crippen molar-refractivity contribution in [3.8, 4) is 17.9 Å². The summed E-state index contributed by atoms with van der Waals surface area (Å²) in [5.41, 5.74) is 0.258. The summed E-state index contributed by atoms with van der Waals surface area (Å²) in [5.74, 6) is 0.139. The van der Waals surface area contributed by atoms with Crippen LogP contribution in [0, 0.1) is 22.7 Å². The normalized spacial score (nSPS) is 31.1. The molecule has 1 heterocycles. The van der Waals surface area contributed by atoms with Gasteiger partial charge in [0.2, 0.25) is 6.29 Å². The van der Waals surface area contributed by atoms with Gasteiger partial charge in [0.15, 0.2) is 0 Å². The number of rotatable bonds is 3. The number of ether oxygens (including phenoxy) is 2. The van der Waals surface area contributed by atoms with Gasteiger partial charge in [-0.1, -0.05) is 0 Å². The molecule has 0 unspecified atom stereocenters. The van der Waals surface area contributed by atoms with Crippen molar-refractivity contribution in [3.63, 3.8) is 0 Å². The average Bonchev–Trinajstić information content (AvgIpc) is 2.55. The molecule has 8 nitrogen and oxygen atoms in total. The summed E-state index contributed by atoms with van der Waals surface area (Å²) >= 11 is 0. The SMILES string of the molecule is N#Cc1ccc(O[C@@H]2O[C@H](CO)[C@@H](O)[C@H](O)[C@H]2O)cc1C#N. The van der Waals surface area contributed by atoms with E-state index in [2.05, 4.69) is 0 Å². The number of nitriles is 2. The zero-order valence-corrected chi connectivity index (χ0v) is 11.3. The van der Waals surface area contributed by atoms with Crippen molar-refractivity contribution in [2.45, 2.75) is 30.7 Å². The second-order valence-electron chi connectivity index (χ2n) is 4.75. The molecule has 0 saturated carbocycles. The number of nitrogens with zero attached hydrogens (tertiary/aromatic N) is 2. The number of hydrogen-bond donors (Lipinski definition) is 4. The van der Waals surface area contributed by atoms with E-state index in [0.717, 1.165) is 0 Å². The van der Waals surface area contributed by atoms with Crippen molar-refractivity contribution < 1.29 is 29.9 Å². The second kappa shape index (κ2) is 6.71. The molecule has 8 heteroatoms. The quantitative estimate of drug-likeness (QED) is 0.533. The molecule has 0 aromatic heterocycles. The molecule has 1 aromatic carbocycles. The minimum absolute atomic E-state index is 0.0876. The molecule has 1 aromatic rings. The summed E-state index contributed by atoms with van der Waals surface area (Å²) in [6.07, 6.45) is -6.99. The molecule has 0 radical (unpaired) electrons. The van der Waals surface area contributed by atoms with Gasteiger partial charge in [0, 0.05) is 0 Å². The van der Waals surface area contributed by atoms with Gasteiger partial charge in [-0.2, -0.15) is 10.5 Å². The smallest absolute Gasteiger partial charge is 0.229 e. The van der Waals surface area contributed by atoms with E-state index in [1.54, 1.807) is 0 Å². The lowest BCUT2D eigenvalue weighted by Crippen LogP contribution is -2.60. The van der Waals surface area contributed by atoms with Gasteiger partial charge in [-0.3, -0.25) is 0 Å². The topological polar surface area (TPSA) is 147 Å². The predicted molar refractivity (Wildman–Crippen MR) is 70.3 cm³/mol. The third kappa shape index (κ3) is 3.02. The summed E-state index contributed by atoms with van der Waals surface area (Å²) in [6, 6.07) is 7.75. The Hall–Kier alpha value is -2.20. The lowest BCUT2D eigenvalue weighted by molar-refractivity contribution is -0.277. The Bertz CT molecular complexity index is 621. The molecule has 1 aliphatic rings. The first-order valence-electron chi connectivity index (χ1n) is 6.43. The van der Waals surface area contributed by atoms with E-state index < -0.39 is 37.3 Å². The standard InChI is InChI=1S/C14H14N2O6/c15-4-7-1-2-9(3-8(7)5-16)21-14-13(20)12(19)11(18)10(6-17)22-14/h1-3,10-14,17-20H,6H2/t10-,11-,12+,13-,14-/m1/s1. The van der Waals surface area contributed by atoms with Crippen LogP contribution < -0.4 is 4.74 Å². The Labute approximate surface area is 126 Å². The summed E-state index contributed by atoms with van der Waals surface area (Å²) in [7, 11) is 0. The van der Waals surface area contributed by atoms with Crippen LogP contribution in [0.1, 0.15) is 11.1 Å². The highest BCUT2D eigenvalue weighted by Gasteiger charge is 2.44. The Morgan fingerprint density at radius 1 is 1.05 bits per heavy atom. The van der Waals surface area contributed by atoms with E-state index in [9.17, 15) is 15.3 Å². The van der Waals surface area contributed by atoms with Gasteiger partial charge < -0.3 is 29.9 Å². The number of benzene rings is 1. The van der Waals surface area contributed by atoms with Gasteiger partial charge >= 0.3 is 0 Å². The van der Waals surface area contributed by atoms with Gasteiger partial charge in [-0.15, -0.1) is 0 Å². The molecule has 1 aliphatic heterocycles. The lowest BCUT2D eigenvalue weighted by atomic mass is 9.99. The lowest BCUT2D eigenvalue weighted by Gasteiger charge is -2.39. The van der Waals surface area contributed by atoms with Gasteiger partial charge in [0.25, 0.3) is 0 Å². The predicted octanol–water partition coefficient (Wildman–Crippen LogP) is -1.39. The summed E-state index contributed by atoms with van der Waals surface area (Å²) in [5, 5.41) is 56.0. The monoisotopic (exact) mass is 306 g/mol. The first-order chi connectivity index (χ1) is 10.5. The molecule has 5 atom stereocenters. The van der Waals surface area contributed by atoms with Gasteiger partial charge in [-0.25, -0.2) is 0 Å². The molecule has 22 heavy (non-hydrogen) atoms. The molecule has 0 spiro atoms. The first-order valence-corrected chi connectivity index (χ1v) is 6.43. The Morgan fingerprint density at radius 2 is 1.73 bits per heavy atom. The highest BCUT2D eigenvalue weighted by atomic mass is 16.7. The van der Waals surface area contributed by atoms with E-state index in [4.69, 9.17) is 25.1 Å². The van der Waals surface area contributed by atoms with Crippen LogP contribution in [0.4, 0.5) is 0 Å². The third-order valence-corrected chi connectivity index (χ3v) is 3.33. The van der Waals surface area contributed by atoms with Crippen LogP contribution in [0.2, 0.25) is 0 Å². The third-order valence-electron chi connectivity index (χ3n) is 3.33. The minimum Gasteiger partial charge on any atom is -0.462 e. The molecular formula is C14H14N2O6. The van der Waals surface area contributed by atoms with Crippen LogP contribution in [0.15, 0.2) is 18.2 Å². The van der Waals surface area contributed by atoms with Gasteiger partial charge in [0.1, 0.15) is 42.3 Å². The number of hydrogen-bond acceptors (Lipinski definition) is 8. The van der Waals surface area contributed by atoms with Gasteiger partial charge in [0.05, 0.1) is 17.7 Å². The molecule has 0 aliphatic carbocycles. The highest BCUT2D eigenvalue weighted by Crippen LogP contribution is 2.25. The summed E-state index contributed by atoms with van der Waals surface area (Å²) < 4.78 is 10.5. The van der Waals surface area contributed by atoms with Crippen LogP contribution in [0.3, 0.4) is 0 Å². The molecule has 0 bridgehead atoms. The van der Waals surface area contributed by atoms with E-state index in [1.807, 2.05) is 12.1 Å². The molecule has 1 saturated heterocycles. The van der Waals surface area contributed by atoms with Crippen LogP contribution in [0.5, 0.6) is 5.75 Å². The van der Waals surface area contributed by atoms with Crippen molar-refractivity contribution in [2.75, 3.05) is 6.61 Å². The first kappa shape index (κ1) is 16.2. The van der Waals surface area contributed by atoms with Crippen molar-refractivity contribution in [3.05, 3.63) is 29.3 Å². The minimum atomic E-state index is -1.55. The summed E-state index contributed by atoms with van der Waals surface area (Å²) in [6.45, 7) is -0.568. The van der Waals surface area contributed by atoms with Gasteiger partial charge in [-0.05, 0) is 18.2 Å². The molecule has 116 valence electrons. The van der Waals surface area contributed by atoms with Crippen molar-refractivity contribution in [2.24, 2.45) is 0 Å². The molecule has 1 fully saturated rings. The largest absolute Gasteiger partial charge is 0.462 e. The molecule has 4 N–H and O–H groups in total. The fraction of sp³-hybridized carbons (Fsp3) is 0.429.